The number of hydroxylamine groups is 1. The summed E-state index contributed by atoms with van der Waals surface area (Å²) in [5, 5.41) is 8.59. The topological polar surface area (TPSA) is 61.8 Å². The van der Waals surface area contributed by atoms with Crippen molar-refractivity contribution in [3.05, 3.63) is 30.3 Å². The zero-order valence-corrected chi connectivity index (χ0v) is 10.9. The summed E-state index contributed by atoms with van der Waals surface area (Å²) in [5.41, 5.74) is 1.73. The van der Waals surface area contributed by atoms with Crippen LogP contribution < -0.4 is 10.2 Å². The molecular weight excluding hydrogens is 244 g/mol. The third-order valence-electron chi connectivity index (χ3n) is 3.49. The molecule has 1 fully saturated rings. The van der Waals surface area contributed by atoms with Crippen LogP contribution in [0.4, 0.5) is 0 Å². The van der Waals surface area contributed by atoms with Crippen molar-refractivity contribution in [1.82, 2.24) is 10.4 Å². The summed E-state index contributed by atoms with van der Waals surface area (Å²) < 4.78 is 5.64. The molecule has 19 heavy (non-hydrogen) atoms. The van der Waals surface area contributed by atoms with Crippen molar-refractivity contribution in [3.8, 4) is 5.75 Å². The van der Waals surface area contributed by atoms with Gasteiger partial charge in [0.05, 0.1) is 0 Å². The predicted octanol–water partition coefficient (Wildman–Crippen LogP) is 1.28. The van der Waals surface area contributed by atoms with E-state index >= 15 is 0 Å². The van der Waals surface area contributed by atoms with Gasteiger partial charge in [-0.1, -0.05) is 18.2 Å². The standard InChI is InChI=1S/C14H20N2O3/c17-14(15-18)12-6-8-16(9-7-12)10-11-19-13-4-2-1-3-5-13/h1-5,12,18H,6-11H2,(H,15,17). The molecule has 0 aliphatic carbocycles. The Kier molecular flexibility index (Phi) is 5.18. The Morgan fingerprint density at radius 2 is 2.00 bits per heavy atom. The molecule has 1 saturated heterocycles. The lowest BCUT2D eigenvalue weighted by Gasteiger charge is -2.30. The largest absolute Gasteiger partial charge is 0.492 e. The minimum Gasteiger partial charge on any atom is -0.492 e. The van der Waals surface area contributed by atoms with Crippen molar-refractivity contribution in [2.75, 3.05) is 26.2 Å². The molecule has 0 bridgehead atoms. The summed E-state index contributed by atoms with van der Waals surface area (Å²) in [6, 6.07) is 9.75. The van der Waals surface area contributed by atoms with Gasteiger partial charge in [0.15, 0.2) is 0 Å². The van der Waals surface area contributed by atoms with Gasteiger partial charge in [-0.05, 0) is 38.1 Å². The number of likely N-dealkylation sites (tertiary alicyclic amines) is 1. The average Bonchev–Trinajstić information content (AvgIpc) is 2.48. The molecule has 1 aliphatic rings. The lowest BCUT2D eigenvalue weighted by molar-refractivity contribution is -0.134. The van der Waals surface area contributed by atoms with Crippen LogP contribution in [0.1, 0.15) is 12.8 Å². The number of carbonyl (C=O) groups excluding carboxylic acids is 1. The van der Waals surface area contributed by atoms with E-state index in [4.69, 9.17) is 9.94 Å². The number of benzene rings is 1. The first kappa shape index (κ1) is 13.8. The highest BCUT2D eigenvalue weighted by Gasteiger charge is 2.24. The Labute approximate surface area is 113 Å². The molecule has 5 heteroatoms. The highest BCUT2D eigenvalue weighted by atomic mass is 16.5. The first-order valence-electron chi connectivity index (χ1n) is 6.64. The number of carbonyl (C=O) groups is 1. The average molecular weight is 264 g/mol. The minimum absolute atomic E-state index is 0.0590. The molecular formula is C14H20N2O3. The first-order valence-corrected chi connectivity index (χ1v) is 6.64. The van der Waals surface area contributed by atoms with Gasteiger partial charge in [-0.15, -0.1) is 0 Å². The maximum Gasteiger partial charge on any atom is 0.246 e. The lowest BCUT2D eigenvalue weighted by atomic mass is 9.96. The smallest absolute Gasteiger partial charge is 0.246 e. The number of para-hydroxylation sites is 1. The molecule has 1 amide bonds. The number of nitrogens with zero attached hydrogens (tertiary/aromatic N) is 1. The Hall–Kier alpha value is -1.59. The van der Waals surface area contributed by atoms with Crippen molar-refractivity contribution < 1.29 is 14.7 Å². The molecule has 0 radical (unpaired) electrons. The monoisotopic (exact) mass is 264 g/mol. The van der Waals surface area contributed by atoms with Crippen LogP contribution in [0.15, 0.2) is 30.3 Å². The number of hydrogen-bond donors (Lipinski definition) is 2. The lowest BCUT2D eigenvalue weighted by Crippen LogP contribution is -2.41. The van der Waals surface area contributed by atoms with Gasteiger partial charge in [-0.25, -0.2) is 5.48 Å². The number of piperidine rings is 1. The van der Waals surface area contributed by atoms with Crippen molar-refractivity contribution in [1.29, 1.82) is 0 Å². The molecule has 1 aromatic rings. The molecule has 0 unspecified atom stereocenters. The molecule has 0 spiro atoms. The molecule has 2 rings (SSSR count). The van der Waals surface area contributed by atoms with Gasteiger partial charge in [-0.3, -0.25) is 14.9 Å². The number of hydrogen-bond acceptors (Lipinski definition) is 4. The number of nitrogens with one attached hydrogen (secondary N) is 1. The second kappa shape index (κ2) is 7.11. The van der Waals surface area contributed by atoms with Gasteiger partial charge in [0.2, 0.25) is 5.91 Å². The van der Waals surface area contributed by atoms with Gasteiger partial charge in [0, 0.05) is 12.5 Å². The Bertz CT molecular complexity index is 389. The van der Waals surface area contributed by atoms with E-state index in [0.717, 1.165) is 38.2 Å². The highest BCUT2D eigenvalue weighted by molar-refractivity contribution is 5.77. The minimum atomic E-state index is -0.264. The first-order chi connectivity index (χ1) is 9.29. The summed E-state index contributed by atoms with van der Waals surface area (Å²) in [7, 11) is 0. The summed E-state index contributed by atoms with van der Waals surface area (Å²) in [4.78, 5) is 13.6. The third kappa shape index (κ3) is 4.22. The second-order valence-corrected chi connectivity index (χ2v) is 4.75. The van der Waals surface area contributed by atoms with E-state index in [0.29, 0.717) is 6.61 Å². The van der Waals surface area contributed by atoms with E-state index < -0.39 is 0 Å². The van der Waals surface area contributed by atoms with E-state index in [-0.39, 0.29) is 11.8 Å². The molecule has 5 nitrogen and oxygen atoms in total. The molecule has 2 N–H and O–H groups in total. The van der Waals surface area contributed by atoms with Crippen molar-refractivity contribution in [2.24, 2.45) is 5.92 Å². The fraction of sp³-hybridized carbons (Fsp3) is 0.500. The van der Waals surface area contributed by atoms with Crippen LogP contribution in [-0.4, -0.2) is 42.3 Å². The fourth-order valence-corrected chi connectivity index (χ4v) is 2.32. The van der Waals surface area contributed by atoms with Crippen LogP contribution in [0.2, 0.25) is 0 Å². The molecule has 0 saturated carbocycles. The van der Waals surface area contributed by atoms with Crippen LogP contribution in [0.25, 0.3) is 0 Å². The summed E-state index contributed by atoms with van der Waals surface area (Å²) >= 11 is 0. The van der Waals surface area contributed by atoms with Crippen molar-refractivity contribution >= 4 is 5.91 Å². The summed E-state index contributed by atoms with van der Waals surface area (Å²) in [5.74, 6) is 0.563. The SMILES string of the molecule is O=C(NO)C1CCN(CCOc2ccccc2)CC1. The normalized spacial score (nSPS) is 17.1. The van der Waals surface area contributed by atoms with E-state index in [1.54, 1.807) is 5.48 Å². The van der Waals surface area contributed by atoms with E-state index in [1.165, 1.54) is 0 Å². The van der Waals surface area contributed by atoms with Crippen molar-refractivity contribution in [2.45, 2.75) is 12.8 Å². The zero-order valence-electron chi connectivity index (χ0n) is 10.9. The summed E-state index contributed by atoms with van der Waals surface area (Å²) in [6.45, 7) is 3.26. The molecule has 104 valence electrons. The maximum absolute atomic E-state index is 11.3. The Morgan fingerprint density at radius 1 is 1.32 bits per heavy atom. The third-order valence-corrected chi connectivity index (χ3v) is 3.49. The molecule has 1 aliphatic heterocycles. The molecule has 0 atom stereocenters. The molecule has 0 aromatic heterocycles. The van der Waals surface area contributed by atoms with Crippen LogP contribution in [0.5, 0.6) is 5.75 Å². The second-order valence-electron chi connectivity index (χ2n) is 4.75. The fourth-order valence-electron chi connectivity index (χ4n) is 2.32. The van der Waals surface area contributed by atoms with E-state index in [9.17, 15) is 4.79 Å². The predicted molar refractivity (Wildman–Crippen MR) is 71.0 cm³/mol. The number of amides is 1. The molecule has 1 aromatic carbocycles. The number of ether oxygens (including phenoxy) is 1. The van der Waals surface area contributed by atoms with Crippen LogP contribution in [-0.2, 0) is 4.79 Å². The van der Waals surface area contributed by atoms with Crippen LogP contribution in [0.3, 0.4) is 0 Å². The van der Waals surface area contributed by atoms with Gasteiger partial charge in [0.25, 0.3) is 0 Å². The zero-order chi connectivity index (χ0) is 13.5. The highest BCUT2D eigenvalue weighted by Crippen LogP contribution is 2.17. The van der Waals surface area contributed by atoms with Gasteiger partial charge in [-0.2, -0.15) is 0 Å². The van der Waals surface area contributed by atoms with Gasteiger partial charge < -0.3 is 4.74 Å². The maximum atomic E-state index is 11.3. The van der Waals surface area contributed by atoms with E-state index in [1.807, 2.05) is 30.3 Å². The van der Waals surface area contributed by atoms with Gasteiger partial charge >= 0.3 is 0 Å². The molecule has 1 heterocycles. The van der Waals surface area contributed by atoms with Crippen molar-refractivity contribution in [3.63, 3.8) is 0 Å². The Morgan fingerprint density at radius 3 is 2.63 bits per heavy atom. The number of rotatable bonds is 5. The van der Waals surface area contributed by atoms with Crippen LogP contribution >= 0.6 is 0 Å². The van der Waals surface area contributed by atoms with Crippen LogP contribution in [0, 0.1) is 5.92 Å². The van der Waals surface area contributed by atoms with Gasteiger partial charge in [0.1, 0.15) is 12.4 Å². The Balaban J connectivity index is 1.65. The summed E-state index contributed by atoms with van der Waals surface area (Å²) in [6.07, 6.45) is 1.58. The quantitative estimate of drug-likeness (QED) is 0.621. The van der Waals surface area contributed by atoms with E-state index in [2.05, 4.69) is 4.90 Å².